The van der Waals surface area contributed by atoms with Crippen LogP contribution in [0.25, 0.3) is 0 Å². The van der Waals surface area contributed by atoms with Crippen molar-refractivity contribution >= 4 is 19.2 Å². The van der Waals surface area contributed by atoms with Gasteiger partial charge in [-0.3, -0.25) is 0 Å². The number of aliphatic imine (C=N–C) groups is 1. The van der Waals surface area contributed by atoms with Crippen LogP contribution in [0.1, 0.15) is 13.3 Å². The standard InChI is InChI=1S/C10H16BN2/c1-4-5-6-10(9-11)12-7-8-13(2)3/h4-5,7-9H,6H2,1-3H3/b5-4-,8-7-,12-10?. The summed E-state index contributed by atoms with van der Waals surface area (Å²) in [4.78, 5) is 6.11. The second-order valence-electron chi connectivity index (χ2n) is 2.82. The van der Waals surface area contributed by atoms with Crippen LogP contribution in [-0.4, -0.2) is 38.2 Å². The Morgan fingerprint density at radius 1 is 1.46 bits per heavy atom. The molecule has 0 saturated heterocycles. The fourth-order valence-electron chi connectivity index (χ4n) is 0.665. The molecule has 0 amide bonds. The predicted octanol–water partition coefficient (Wildman–Crippen LogP) is 1.40. The summed E-state index contributed by atoms with van der Waals surface area (Å²) < 4.78 is 0. The van der Waals surface area contributed by atoms with Crippen molar-refractivity contribution in [2.24, 2.45) is 4.99 Å². The molecule has 0 aromatic rings. The van der Waals surface area contributed by atoms with Crippen LogP contribution < -0.4 is 0 Å². The molecule has 0 spiro atoms. The third-order valence-electron chi connectivity index (χ3n) is 1.36. The first-order valence-corrected chi connectivity index (χ1v) is 4.26. The molecule has 13 heavy (non-hydrogen) atoms. The summed E-state index contributed by atoms with van der Waals surface area (Å²) >= 11 is 0. The molecule has 0 aliphatic rings. The van der Waals surface area contributed by atoms with E-state index in [9.17, 15) is 0 Å². The Labute approximate surface area is 81.7 Å². The van der Waals surface area contributed by atoms with Gasteiger partial charge in [-0.2, -0.15) is 0 Å². The van der Waals surface area contributed by atoms with Gasteiger partial charge in [-0.1, -0.05) is 0 Å². The van der Waals surface area contributed by atoms with Crippen LogP contribution in [0, 0.1) is 0 Å². The molecule has 0 N–H and O–H groups in total. The van der Waals surface area contributed by atoms with Gasteiger partial charge >= 0.3 is 81.0 Å². The van der Waals surface area contributed by atoms with Crippen molar-refractivity contribution in [3.63, 3.8) is 0 Å². The van der Waals surface area contributed by atoms with Crippen LogP contribution >= 0.6 is 0 Å². The van der Waals surface area contributed by atoms with Crippen molar-refractivity contribution in [2.45, 2.75) is 13.3 Å². The molecule has 0 aromatic carbocycles. The van der Waals surface area contributed by atoms with Crippen LogP contribution in [0.2, 0.25) is 0 Å². The van der Waals surface area contributed by atoms with E-state index in [0.717, 1.165) is 12.1 Å². The first-order valence-electron chi connectivity index (χ1n) is 4.26. The van der Waals surface area contributed by atoms with Gasteiger partial charge in [0.1, 0.15) is 0 Å². The van der Waals surface area contributed by atoms with E-state index in [2.05, 4.69) is 4.99 Å². The zero-order valence-corrected chi connectivity index (χ0v) is 8.57. The van der Waals surface area contributed by atoms with Gasteiger partial charge in [0.25, 0.3) is 0 Å². The zero-order valence-electron chi connectivity index (χ0n) is 8.57. The summed E-state index contributed by atoms with van der Waals surface area (Å²) in [7, 11) is 9.29. The predicted molar refractivity (Wildman–Crippen MR) is 61.5 cm³/mol. The Bertz CT molecular complexity index is 227. The molecule has 0 fully saturated rings. The second-order valence-corrected chi connectivity index (χ2v) is 2.82. The maximum atomic E-state index is 5.39. The SMILES string of the molecule is [B]=CC(C/C=C\C)=N/C=C\N(C)C. The van der Waals surface area contributed by atoms with Gasteiger partial charge in [0, 0.05) is 0 Å². The summed E-state index contributed by atoms with van der Waals surface area (Å²) in [6.45, 7) is 1.98. The number of hydrogen-bond acceptors (Lipinski definition) is 2. The van der Waals surface area contributed by atoms with E-state index in [1.165, 1.54) is 5.97 Å². The molecule has 0 heterocycles. The van der Waals surface area contributed by atoms with E-state index < -0.39 is 0 Å². The molecular formula is C10H16BN2. The summed E-state index contributed by atoms with van der Waals surface area (Å²) in [5.74, 6) is 1.53. The third kappa shape index (κ3) is 7.25. The summed E-state index contributed by atoms with van der Waals surface area (Å²) in [6.07, 6.45) is 8.40. The van der Waals surface area contributed by atoms with Crippen LogP contribution in [0.4, 0.5) is 0 Å². The quantitative estimate of drug-likeness (QED) is 0.350. The summed E-state index contributed by atoms with van der Waals surface area (Å²) in [6, 6.07) is 0. The van der Waals surface area contributed by atoms with Crippen LogP contribution in [-0.2, 0) is 0 Å². The zero-order chi connectivity index (χ0) is 10.1. The van der Waals surface area contributed by atoms with Crippen molar-refractivity contribution in [3.8, 4) is 0 Å². The van der Waals surface area contributed by atoms with Crippen molar-refractivity contribution in [2.75, 3.05) is 14.1 Å². The van der Waals surface area contributed by atoms with Crippen LogP contribution in [0.5, 0.6) is 0 Å². The molecule has 0 rings (SSSR count). The van der Waals surface area contributed by atoms with Crippen LogP contribution in [0.15, 0.2) is 29.5 Å². The van der Waals surface area contributed by atoms with Gasteiger partial charge in [0.05, 0.1) is 0 Å². The molecule has 1 radical (unpaired) electrons. The Balaban J connectivity index is 4.14. The van der Waals surface area contributed by atoms with E-state index in [1.807, 2.05) is 44.3 Å². The average Bonchev–Trinajstić information content (AvgIpc) is 2.10. The first kappa shape index (κ1) is 11.9. The average molecular weight is 175 g/mol. The Morgan fingerprint density at radius 2 is 2.15 bits per heavy atom. The monoisotopic (exact) mass is 175 g/mol. The maximum absolute atomic E-state index is 5.39. The van der Waals surface area contributed by atoms with E-state index in [1.54, 1.807) is 6.20 Å². The molecule has 0 bridgehead atoms. The van der Waals surface area contributed by atoms with Crippen molar-refractivity contribution in [3.05, 3.63) is 24.6 Å². The minimum atomic E-state index is 0.783. The van der Waals surface area contributed by atoms with Crippen LogP contribution in [0.3, 0.4) is 0 Å². The van der Waals surface area contributed by atoms with Gasteiger partial charge in [-0.05, 0) is 0 Å². The van der Waals surface area contributed by atoms with E-state index in [-0.39, 0.29) is 0 Å². The van der Waals surface area contributed by atoms with Crippen molar-refractivity contribution < 1.29 is 0 Å². The molecule has 0 aromatic heterocycles. The first-order chi connectivity index (χ1) is 6.20. The molecule has 69 valence electrons. The minimum absolute atomic E-state index is 0.783. The van der Waals surface area contributed by atoms with Gasteiger partial charge in [0.15, 0.2) is 0 Å². The van der Waals surface area contributed by atoms with Crippen molar-refractivity contribution in [1.29, 1.82) is 0 Å². The molecule has 3 heteroatoms. The molecule has 0 aliphatic carbocycles. The van der Waals surface area contributed by atoms with E-state index >= 15 is 0 Å². The number of nitrogens with zero attached hydrogens (tertiary/aromatic N) is 2. The van der Waals surface area contributed by atoms with Gasteiger partial charge < -0.3 is 0 Å². The molecule has 2 nitrogen and oxygen atoms in total. The van der Waals surface area contributed by atoms with Gasteiger partial charge in [-0.15, -0.1) is 0 Å². The van der Waals surface area contributed by atoms with Gasteiger partial charge in [0.2, 0.25) is 0 Å². The summed E-state index contributed by atoms with van der Waals surface area (Å²) in [5.41, 5.74) is 0.871. The second kappa shape index (κ2) is 7.53. The number of rotatable bonds is 5. The molecule has 0 aliphatic heterocycles. The van der Waals surface area contributed by atoms with Crippen molar-refractivity contribution in [1.82, 2.24) is 4.90 Å². The Morgan fingerprint density at radius 3 is 2.62 bits per heavy atom. The Kier molecular flexibility index (Phi) is 6.88. The normalized spacial score (nSPS) is 12.6. The number of allylic oxidation sites excluding steroid dienone is 2. The fourth-order valence-corrected chi connectivity index (χ4v) is 0.665. The Hall–Kier alpha value is -1.12. The molecule has 0 atom stereocenters. The van der Waals surface area contributed by atoms with Gasteiger partial charge in [-0.25, -0.2) is 0 Å². The number of hydrogen-bond donors (Lipinski definition) is 0. The third-order valence-corrected chi connectivity index (χ3v) is 1.36. The molecule has 0 unspecified atom stereocenters. The molecular weight excluding hydrogens is 159 g/mol. The van der Waals surface area contributed by atoms with E-state index in [4.69, 9.17) is 7.49 Å². The summed E-state index contributed by atoms with van der Waals surface area (Å²) in [5, 5.41) is 0. The fraction of sp³-hybridized carbons (Fsp3) is 0.400. The topological polar surface area (TPSA) is 15.6 Å². The molecule has 0 saturated carbocycles. The van der Waals surface area contributed by atoms with E-state index in [0.29, 0.717) is 0 Å².